The van der Waals surface area contributed by atoms with E-state index in [0.29, 0.717) is 30.1 Å². The Morgan fingerprint density at radius 3 is 2.46 bits per heavy atom. The summed E-state index contributed by atoms with van der Waals surface area (Å²) in [6, 6.07) is 0. The lowest BCUT2D eigenvalue weighted by Gasteiger charge is -2.61. The van der Waals surface area contributed by atoms with Crippen molar-refractivity contribution >= 4 is 11.9 Å². The van der Waals surface area contributed by atoms with Crippen molar-refractivity contribution in [3.63, 3.8) is 0 Å². The molecule has 0 aromatic heterocycles. The molecular weight excluding hydrogens is 468 g/mol. The SMILES string of the molecule is CC(=O)OC1CCC2(C)C(CCC3C4=CC5O[C@H](CCC(C)(C)O)[C@@H](C)C5C4(C)C(OC(C)=O)CC32)C1. The van der Waals surface area contributed by atoms with Gasteiger partial charge in [0.1, 0.15) is 12.2 Å². The molecule has 1 heterocycles. The molecule has 0 aromatic carbocycles. The van der Waals surface area contributed by atoms with E-state index in [1.807, 2.05) is 13.8 Å². The minimum Gasteiger partial charge on any atom is -0.463 e. The number of hydrogen-bond acceptors (Lipinski definition) is 6. The smallest absolute Gasteiger partial charge is 0.302 e. The zero-order valence-corrected chi connectivity index (χ0v) is 23.9. The molecule has 0 bridgehead atoms. The molecule has 3 saturated carbocycles. The van der Waals surface area contributed by atoms with E-state index in [4.69, 9.17) is 14.2 Å². The average molecular weight is 517 g/mol. The fraction of sp³-hybridized carbons (Fsp3) is 0.871. The van der Waals surface area contributed by atoms with E-state index in [1.54, 1.807) is 6.92 Å². The van der Waals surface area contributed by atoms with E-state index < -0.39 is 5.60 Å². The first-order valence-corrected chi connectivity index (χ1v) is 14.7. The second-order valence-corrected chi connectivity index (χ2v) is 14.1. The van der Waals surface area contributed by atoms with Crippen molar-refractivity contribution < 1.29 is 28.9 Å². The molecule has 208 valence electrons. The standard InChI is InChI=1S/C31H48O6/c1-17-25(11-12-29(4,5)34)37-26-15-24-22-9-8-20-14-21(35-18(2)32)10-13-30(20,6)23(22)16-27(36-19(3)33)31(24,7)28(17)26/h15,17,20-23,25-28,34H,8-14,16H2,1-7H3/t17-,20?,21?,22?,23?,25-,26?,27?,28?,30?,31?/m1/s1. The Hall–Kier alpha value is -1.40. The van der Waals surface area contributed by atoms with E-state index in [2.05, 4.69) is 26.8 Å². The van der Waals surface area contributed by atoms with E-state index in [-0.39, 0.29) is 53.1 Å². The molecule has 0 spiro atoms. The number of rotatable bonds is 5. The molecule has 11 atom stereocenters. The molecule has 37 heavy (non-hydrogen) atoms. The number of aliphatic hydroxyl groups is 1. The van der Waals surface area contributed by atoms with Crippen LogP contribution >= 0.6 is 0 Å². The summed E-state index contributed by atoms with van der Waals surface area (Å²) in [7, 11) is 0. The molecule has 1 N–H and O–H groups in total. The molecule has 0 amide bonds. The monoisotopic (exact) mass is 516 g/mol. The maximum atomic E-state index is 12.4. The van der Waals surface area contributed by atoms with Crippen LogP contribution in [0.5, 0.6) is 0 Å². The van der Waals surface area contributed by atoms with Crippen molar-refractivity contribution in [2.24, 2.45) is 40.4 Å². The number of carbonyl (C=O) groups excluding carboxylic acids is 2. The third-order valence-electron chi connectivity index (χ3n) is 11.4. The third-order valence-corrected chi connectivity index (χ3v) is 11.4. The molecule has 4 fully saturated rings. The highest BCUT2D eigenvalue weighted by atomic mass is 16.5. The Balaban J connectivity index is 1.44. The van der Waals surface area contributed by atoms with E-state index in [0.717, 1.165) is 44.9 Å². The Kier molecular flexibility index (Phi) is 6.88. The summed E-state index contributed by atoms with van der Waals surface area (Å²) in [5.74, 6) is 1.69. The molecule has 1 saturated heterocycles. The Bertz CT molecular complexity index is 950. The maximum Gasteiger partial charge on any atom is 0.302 e. The molecule has 0 aromatic rings. The van der Waals surface area contributed by atoms with Gasteiger partial charge >= 0.3 is 11.9 Å². The van der Waals surface area contributed by atoms with E-state index in [1.165, 1.54) is 12.5 Å². The first kappa shape index (κ1) is 27.2. The van der Waals surface area contributed by atoms with Crippen LogP contribution in [0.4, 0.5) is 0 Å². The van der Waals surface area contributed by atoms with Gasteiger partial charge in [0.25, 0.3) is 0 Å². The van der Waals surface area contributed by atoms with Crippen LogP contribution in [-0.4, -0.2) is 47.1 Å². The van der Waals surface area contributed by atoms with Crippen molar-refractivity contribution in [3.05, 3.63) is 11.6 Å². The summed E-state index contributed by atoms with van der Waals surface area (Å²) >= 11 is 0. The predicted octanol–water partition coefficient (Wildman–Crippen LogP) is 5.60. The van der Waals surface area contributed by atoms with Gasteiger partial charge in [-0.3, -0.25) is 9.59 Å². The number of ether oxygens (including phenoxy) is 3. The summed E-state index contributed by atoms with van der Waals surface area (Å²) in [5, 5.41) is 10.3. The first-order chi connectivity index (χ1) is 17.2. The molecule has 6 nitrogen and oxygen atoms in total. The number of fused-ring (bicyclic) bond motifs is 7. The lowest BCUT2D eigenvalue weighted by molar-refractivity contribution is -0.171. The first-order valence-electron chi connectivity index (χ1n) is 14.7. The van der Waals surface area contributed by atoms with Crippen LogP contribution < -0.4 is 0 Å². The van der Waals surface area contributed by atoms with Crippen molar-refractivity contribution in [3.8, 4) is 0 Å². The van der Waals surface area contributed by atoms with Crippen molar-refractivity contribution in [1.82, 2.24) is 0 Å². The lowest BCUT2D eigenvalue weighted by atomic mass is 9.45. The zero-order valence-electron chi connectivity index (χ0n) is 23.9. The van der Waals surface area contributed by atoms with Crippen LogP contribution in [-0.2, 0) is 23.8 Å². The Labute approximate surface area is 222 Å². The second-order valence-electron chi connectivity index (χ2n) is 14.1. The maximum absolute atomic E-state index is 12.4. The summed E-state index contributed by atoms with van der Waals surface area (Å²) in [6.45, 7) is 13.9. The van der Waals surface area contributed by atoms with Gasteiger partial charge in [-0.2, -0.15) is 0 Å². The predicted molar refractivity (Wildman–Crippen MR) is 140 cm³/mol. The molecular formula is C31H48O6. The van der Waals surface area contributed by atoms with Gasteiger partial charge in [0.15, 0.2) is 0 Å². The third kappa shape index (κ3) is 4.58. The Morgan fingerprint density at radius 2 is 1.81 bits per heavy atom. The van der Waals surface area contributed by atoms with Gasteiger partial charge in [0.05, 0.1) is 17.8 Å². The summed E-state index contributed by atoms with van der Waals surface area (Å²) < 4.78 is 18.5. The van der Waals surface area contributed by atoms with Crippen LogP contribution in [0.3, 0.4) is 0 Å². The van der Waals surface area contributed by atoms with Crippen molar-refractivity contribution in [2.45, 2.75) is 130 Å². The van der Waals surface area contributed by atoms with Gasteiger partial charge in [-0.1, -0.05) is 32.4 Å². The van der Waals surface area contributed by atoms with Crippen LogP contribution in [0.1, 0.15) is 99.8 Å². The molecule has 5 rings (SSSR count). The summed E-state index contributed by atoms with van der Waals surface area (Å²) in [5.41, 5.74) is 0.699. The number of esters is 2. The normalized spacial score (nSPS) is 46.7. The fourth-order valence-electron chi connectivity index (χ4n) is 9.62. The topological polar surface area (TPSA) is 82.1 Å². The average Bonchev–Trinajstić information content (AvgIpc) is 3.26. The lowest BCUT2D eigenvalue weighted by Crippen LogP contribution is -2.57. The van der Waals surface area contributed by atoms with Gasteiger partial charge < -0.3 is 19.3 Å². The van der Waals surface area contributed by atoms with Crippen molar-refractivity contribution in [2.75, 3.05) is 0 Å². The summed E-state index contributed by atoms with van der Waals surface area (Å²) in [4.78, 5) is 24.0. The molecule has 5 aliphatic rings. The van der Waals surface area contributed by atoms with Gasteiger partial charge in [-0.05, 0) is 94.3 Å². The zero-order chi connectivity index (χ0) is 26.9. The summed E-state index contributed by atoms with van der Waals surface area (Å²) in [6.07, 6.45) is 10.1. The van der Waals surface area contributed by atoms with Crippen LogP contribution in [0.15, 0.2) is 11.6 Å². The van der Waals surface area contributed by atoms with Gasteiger partial charge in [0, 0.05) is 25.2 Å². The van der Waals surface area contributed by atoms with Crippen LogP contribution in [0, 0.1) is 40.4 Å². The molecule has 0 radical (unpaired) electrons. The Morgan fingerprint density at radius 1 is 1.11 bits per heavy atom. The molecule has 6 heteroatoms. The van der Waals surface area contributed by atoms with E-state index >= 15 is 0 Å². The van der Waals surface area contributed by atoms with Gasteiger partial charge in [-0.25, -0.2) is 0 Å². The minimum atomic E-state index is -0.702. The fourth-order valence-corrected chi connectivity index (χ4v) is 9.62. The molecule has 1 aliphatic heterocycles. The molecule has 4 aliphatic carbocycles. The minimum absolute atomic E-state index is 0.0328. The highest BCUT2D eigenvalue weighted by Crippen LogP contribution is 2.68. The largest absolute Gasteiger partial charge is 0.463 e. The second kappa shape index (κ2) is 9.36. The van der Waals surface area contributed by atoms with E-state index in [9.17, 15) is 14.7 Å². The number of hydrogen-bond donors (Lipinski definition) is 1. The highest BCUT2D eigenvalue weighted by molar-refractivity contribution is 5.66. The number of carbonyl (C=O) groups is 2. The van der Waals surface area contributed by atoms with Gasteiger partial charge in [-0.15, -0.1) is 0 Å². The van der Waals surface area contributed by atoms with Crippen LogP contribution in [0.2, 0.25) is 0 Å². The molecule has 9 unspecified atom stereocenters. The highest BCUT2D eigenvalue weighted by Gasteiger charge is 2.66. The quantitative estimate of drug-likeness (QED) is 0.378. The van der Waals surface area contributed by atoms with Gasteiger partial charge in [0.2, 0.25) is 0 Å². The van der Waals surface area contributed by atoms with Crippen molar-refractivity contribution in [1.29, 1.82) is 0 Å². The van der Waals surface area contributed by atoms with Crippen LogP contribution in [0.25, 0.3) is 0 Å².